The second-order valence-electron chi connectivity index (χ2n) is 5.47. The number of anilines is 3. The van der Waals surface area contributed by atoms with Crippen molar-refractivity contribution in [1.82, 2.24) is 0 Å². The zero-order chi connectivity index (χ0) is 18.4. The second-order valence-corrected chi connectivity index (χ2v) is 5.88. The predicted molar refractivity (Wildman–Crippen MR) is 102 cm³/mol. The maximum absolute atomic E-state index is 12.4. The molecule has 0 saturated heterocycles. The Labute approximate surface area is 152 Å². The monoisotopic (exact) mass is 354 g/mol. The van der Waals surface area contributed by atoms with Crippen molar-refractivity contribution in [2.45, 2.75) is 13.8 Å². The number of nitrogens with one attached hydrogen (secondary N) is 1. The molecule has 0 fully saturated rings. The van der Waals surface area contributed by atoms with Crippen molar-refractivity contribution in [2.24, 2.45) is 0 Å². The summed E-state index contributed by atoms with van der Waals surface area (Å²) >= 11 is 6.06. The maximum atomic E-state index is 12.4. The van der Waals surface area contributed by atoms with E-state index in [1.54, 1.807) is 12.1 Å². The first kappa shape index (κ1) is 18.4. The van der Waals surface area contributed by atoms with Gasteiger partial charge in [0.15, 0.2) is 0 Å². The van der Waals surface area contributed by atoms with Crippen LogP contribution in [0.4, 0.5) is 17.1 Å². The number of amides is 1. The number of hydrogen-bond acceptors (Lipinski definition) is 4. The molecule has 6 heteroatoms. The third kappa shape index (κ3) is 4.75. The third-order valence-corrected chi connectivity index (χ3v) is 3.88. The number of rotatable bonds is 5. The minimum absolute atomic E-state index is 0.0174. The summed E-state index contributed by atoms with van der Waals surface area (Å²) in [5, 5.41) is 12.3. The van der Waals surface area contributed by atoms with E-state index in [2.05, 4.69) is 5.32 Å². The summed E-state index contributed by atoms with van der Waals surface area (Å²) < 4.78 is 0. The Morgan fingerprint density at radius 2 is 2.12 bits per heavy atom. The van der Waals surface area contributed by atoms with E-state index in [9.17, 15) is 10.1 Å². The van der Waals surface area contributed by atoms with Gasteiger partial charge < -0.3 is 16.0 Å². The molecule has 128 valence electrons. The molecule has 0 aromatic heterocycles. The lowest BCUT2D eigenvalue weighted by molar-refractivity contribution is -0.112. The van der Waals surface area contributed by atoms with E-state index < -0.39 is 5.91 Å². The first-order chi connectivity index (χ1) is 11.9. The van der Waals surface area contributed by atoms with Crippen LogP contribution in [0.1, 0.15) is 12.5 Å². The summed E-state index contributed by atoms with van der Waals surface area (Å²) in [4.78, 5) is 14.3. The molecule has 0 atom stereocenters. The fourth-order valence-corrected chi connectivity index (χ4v) is 2.51. The van der Waals surface area contributed by atoms with Gasteiger partial charge in [-0.2, -0.15) is 5.26 Å². The zero-order valence-electron chi connectivity index (χ0n) is 14.1. The molecule has 0 aliphatic carbocycles. The van der Waals surface area contributed by atoms with Crippen molar-refractivity contribution in [3.63, 3.8) is 0 Å². The number of carbonyl (C=O) groups is 1. The summed E-state index contributed by atoms with van der Waals surface area (Å²) in [5.74, 6) is -0.528. The standard InChI is InChI=1S/C19H19ClN4O/c1-3-24(16-6-4-5-13(2)9-16)12-14(11-21)19(25)23-18-8-7-15(22)10-17(18)20/h4-10,12H,3,22H2,1-2H3,(H,23,25)/b14-12-. The van der Waals surface area contributed by atoms with E-state index in [0.29, 0.717) is 22.9 Å². The topological polar surface area (TPSA) is 82.2 Å². The minimum Gasteiger partial charge on any atom is -0.399 e. The fraction of sp³-hybridized carbons (Fsp3) is 0.158. The Balaban J connectivity index is 2.26. The molecule has 0 radical (unpaired) electrons. The number of nitrogen functional groups attached to an aromatic ring is 1. The van der Waals surface area contributed by atoms with Crippen LogP contribution >= 0.6 is 11.6 Å². The van der Waals surface area contributed by atoms with E-state index in [1.165, 1.54) is 12.3 Å². The molecule has 2 aromatic rings. The summed E-state index contributed by atoms with van der Waals surface area (Å²) in [7, 11) is 0. The molecule has 0 aliphatic rings. The number of halogens is 1. The Bertz CT molecular complexity index is 855. The highest BCUT2D eigenvalue weighted by Gasteiger charge is 2.13. The zero-order valence-corrected chi connectivity index (χ0v) is 14.8. The predicted octanol–water partition coefficient (Wildman–Crippen LogP) is 4.10. The Morgan fingerprint density at radius 3 is 2.72 bits per heavy atom. The van der Waals surface area contributed by atoms with E-state index >= 15 is 0 Å². The molecular formula is C19H19ClN4O. The Hall–Kier alpha value is -2.97. The van der Waals surface area contributed by atoms with Gasteiger partial charge in [0.2, 0.25) is 0 Å². The average Bonchev–Trinajstić information content (AvgIpc) is 2.58. The highest BCUT2D eigenvalue weighted by atomic mass is 35.5. The van der Waals surface area contributed by atoms with E-state index in [1.807, 2.05) is 49.1 Å². The van der Waals surface area contributed by atoms with Crippen molar-refractivity contribution >= 4 is 34.6 Å². The number of nitrogens with two attached hydrogens (primary N) is 1. The van der Waals surface area contributed by atoms with Crippen LogP contribution in [0.15, 0.2) is 54.2 Å². The van der Waals surface area contributed by atoms with Crippen LogP contribution < -0.4 is 16.0 Å². The summed E-state index contributed by atoms with van der Waals surface area (Å²) in [6.07, 6.45) is 1.54. The van der Waals surface area contributed by atoms with Crippen molar-refractivity contribution in [3.8, 4) is 6.07 Å². The molecule has 1 amide bonds. The first-order valence-electron chi connectivity index (χ1n) is 7.76. The molecule has 25 heavy (non-hydrogen) atoms. The number of nitrogens with zero attached hydrogens (tertiary/aromatic N) is 2. The van der Waals surface area contributed by atoms with Crippen LogP contribution in [0.25, 0.3) is 0 Å². The molecule has 0 saturated carbocycles. The van der Waals surface area contributed by atoms with Gasteiger partial charge in [0.25, 0.3) is 5.91 Å². The van der Waals surface area contributed by atoms with Gasteiger partial charge in [-0.1, -0.05) is 23.7 Å². The number of aryl methyl sites for hydroxylation is 1. The lowest BCUT2D eigenvalue weighted by Crippen LogP contribution is -2.20. The third-order valence-electron chi connectivity index (χ3n) is 3.57. The van der Waals surface area contributed by atoms with Gasteiger partial charge >= 0.3 is 0 Å². The lowest BCUT2D eigenvalue weighted by atomic mass is 10.2. The van der Waals surface area contributed by atoms with Crippen molar-refractivity contribution in [2.75, 3.05) is 22.5 Å². The fourth-order valence-electron chi connectivity index (χ4n) is 2.27. The first-order valence-corrected chi connectivity index (χ1v) is 8.14. The molecule has 0 unspecified atom stereocenters. The van der Waals surface area contributed by atoms with Crippen molar-refractivity contribution in [1.29, 1.82) is 5.26 Å². The quantitative estimate of drug-likeness (QED) is 0.481. The highest BCUT2D eigenvalue weighted by molar-refractivity contribution is 6.34. The molecule has 0 bridgehead atoms. The van der Waals surface area contributed by atoms with Crippen LogP contribution in [-0.4, -0.2) is 12.5 Å². The van der Waals surface area contributed by atoms with Crippen LogP contribution in [0.5, 0.6) is 0 Å². The largest absolute Gasteiger partial charge is 0.399 e. The summed E-state index contributed by atoms with van der Waals surface area (Å²) in [5.41, 5.74) is 8.53. The number of hydrogen-bond donors (Lipinski definition) is 2. The summed E-state index contributed by atoms with van der Waals surface area (Å²) in [6, 6.07) is 14.5. The van der Waals surface area contributed by atoms with Gasteiger partial charge in [-0.25, -0.2) is 0 Å². The van der Waals surface area contributed by atoms with Crippen LogP contribution in [0, 0.1) is 18.3 Å². The number of carbonyl (C=O) groups excluding carboxylic acids is 1. The molecule has 5 nitrogen and oxygen atoms in total. The number of nitriles is 1. The molecule has 0 aliphatic heterocycles. The van der Waals surface area contributed by atoms with Crippen molar-refractivity contribution < 1.29 is 4.79 Å². The minimum atomic E-state index is -0.528. The summed E-state index contributed by atoms with van der Waals surface area (Å²) in [6.45, 7) is 4.55. The van der Waals surface area contributed by atoms with E-state index in [0.717, 1.165) is 11.3 Å². The van der Waals surface area contributed by atoms with Gasteiger partial charge in [0.1, 0.15) is 11.6 Å². The lowest BCUT2D eigenvalue weighted by Gasteiger charge is -2.19. The van der Waals surface area contributed by atoms with Gasteiger partial charge in [-0.3, -0.25) is 4.79 Å². The normalized spacial score (nSPS) is 10.9. The van der Waals surface area contributed by atoms with Gasteiger partial charge in [-0.15, -0.1) is 0 Å². The SMILES string of the molecule is CCN(/C=C(/C#N)C(=O)Nc1ccc(N)cc1Cl)c1cccc(C)c1. The molecule has 2 rings (SSSR count). The maximum Gasteiger partial charge on any atom is 0.267 e. The Kier molecular flexibility index (Phi) is 6.04. The Morgan fingerprint density at radius 1 is 1.36 bits per heavy atom. The van der Waals surface area contributed by atoms with Crippen molar-refractivity contribution in [3.05, 3.63) is 64.8 Å². The van der Waals surface area contributed by atoms with Crippen LogP contribution in [0.2, 0.25) is 5.02 Å². The average molecular weight is 355 g/mol. The molecule has 3 N–H and O–H groups in total. The molecule has 0 heterocycles. The molecule has 2 aromatic carbocycles. The van der Waals surface area contributed by atoms with E-state index in [4.69, 9.17) is 17.3 Å². The molecular weight excluding hydrogens is 336 g/mol. The highest BCUT2D eigenvalue weighted by Crippen LogP contribution is 2.24. The van der Waals surface area contributed by atoms with Gasteiger partial charge in [0, 0.05) is 24.1 Å². The van der Waals surface area contributed by atoms with Crippen LogP contribution in [0.3, 0.4) is 0 Å². The molecule has 0 spiro atoms. The smallest absolute Gasteiger partial charge is 0.267 e. The van der Waals surface area contributed by atoms with Gasteiger partial charge in [0.05, 0.1) is 10.7 Å². The second kappa shape index (κ2) is 8.22. The number of benzene rings is 2. The van der Waals surface area contributed by atoms with Crippen LogP contribution in [-0.2, 0) is 4.79 Å². The van der Waals surface area contributed by atoms with E-state index in [-0.39, 0.29) is 5.57 Å². The van der Waals surface area contributed by atoms with Gasteiger partial charge in [-0.05, 0) is 49.7 Å².